The van der Waals surface area contributed by atoms with E-state index in [0.29, 0.717) is 0 Å². The van der Waals surface area contributed by atoms with Gasteiger partial charge in [0.05, 0.1) is 0 Å². The molecule has 4 aliphatic rings. The number of allylic oxidation sites excluding steroid dienone is 2. The summed E-state index contributed by atoms with van der Waals surface area (Å²) in [5.74, 6) is 1.44. The van der Waals surface area contributed by atoms with Crippen LogP contribution in [0.5, 0.6) is 0 Å². The Balaban J connectivity index is 1.15. The summed E-state index contributed by atoms with van der Waals surface area (Å²) in [6.45, 7) is 4.59. The number of rotatable bonds is 10. The van der Waals surface area contributed by atoms with Crippen LogP contribution in [-0.2, 0) is 17.9 Å². The normalized spacial score (nSPS) is 20.9. The van der Waals surface area contributed by atoms with Gasteiger partial charge in [-0.25, -0.2) is 0 Å². The molecule has 0 saturated heterocycles. The van der Waals surface area contributed by atoms with Crippen molar-refractivity contribution >= 4 is 29.2 Å². The standard InChI is InChI=1S/2C24H27.2ClH.Zr/c2*1-2-7-18-16-22-10-6-11-23(24(22)17-18)21-14-12-20(13-15-21)19-8-4-3-5-9-19;;;/h2*6,10-17,19H,2-5,7-9H2,1H3;2*1H;/q;;;;+2/p-2. The third-order valence-electron chi connectivity index (χ3n) is 12.7. The molecule has 0 N–H and O–H groups in total. The maximum absolute atomic E-state index is 8.17. The second kappa shape index (κ2) is 15.7. The Bertz CT molecular complexity index is 1760. The van der Waals surface area contributed by atoms with Gasteiger partial charge < -0.3 is 0 Å². The van der Waals surface area contributed by atoms with Crippen LogP contribution in [0.4, 0.5) is 0 Å². The molecule has 0 spiro atoms. The Morgan fingerprint density at radius 3 is 1.27 bits per heavy atom. The molecule has 0 nitrogen and oxygen atoms in total. The molecule has 2 unspecified atom stereocenters. The first-order valence-electron chi connectivity index (χ1n) is 20.2. The summed E-state index contributed by atoms with van der Waals surface area (Å²) in [7, 11) is 16.3. The van der Waals surface area contributed by atoms with Crippen LogP contribution in [0, 0.1) is 0 Å². The molecule has 0 radical (unpaired) electrons. The van der Waals surface area contributed by atoms with Crippen molar-refractivity contribution in [1.82, 2.24) is 0 Å². The monoisotopic (exact) mass is 790 g/mol. The van der Waals surface area contributed by atoms with Crippen molar-refractivity contribution in [3.63, 3.8) is 0 Å². The van der Waals surface area contributed by atoms with Crippen LogP contribution in [0.15, 0.2) is 96.1 Å². The summed E-state index contributed by atoms with van der Waals surface area (Å²) in [6.07, 6.45) is 22.8. The number of hydrogen-bond acceptors (Lipinski definition) is 0. The Morgan fingerprint density at radius 2 is 0.902 bits per heavy atom. The zero-order chi connectivity index (χ0) is 35.0. The van der Waals surface area contributed by atoms with E-state index in [9.17, 15) is 0 Å². The van der Waals surface area contributed by atoms with Gasteiger partial charge in [-0.15, -0.1) is 0 Å². The number of fused-ring (bicyclic) bond motifs is 2. The van der Waals surface area contributed by atoms with Crippen molar-refractivity contribution in [2.75, 3.05) is 0 Å². The fourth-order valence-electron chi connectivity index (χ4n) is 10.3. The van der Waals surface area contributed by atoms with Gasteiger partial charge in [0.1, 0.15) is 0 Å². The topological polar surface area (TPSA) is 0 Å². The third-order valence-corrected chi connectivity index (χ3v) is 25.0. The van der Waals surface area contributed by atoms with Crippen molar-refractivity contribution < 1.29 is 17.9 Å². The van der Waals surface area contributed by atoms with Gasteiger partial charge in [-0.3, -0.25) is 0 Å². The zero-order valence-corrected chi connectivity index (χ0v) is 34.7. The van der Waals surface area contributed by atoms with Crippen molar-refractivity contribution in [2.45, 2.75) is 123 Å². The van der Waals surface area contributed by atoms with E-state index in [1.807, 2.05) is 0 Å². The third kappa shape index (κ3) is 6.99. The van der Waals surface area contributed by atoms with Crippen LogP contribution in [0.25, 0.3) is 34.4 Å². The summed E-state index contributed by atoms with van der Waals surface area (Å²) in [5.41, 5.74) is 16.6. The second-order valence-electron chi connectivity index (χ2n) is 16.0. The van der Waals surface area contributed by atoms with E-state index in [-0.39, 0.29) is 7.25 Å². The zero-order valence-electron chi connectivity index (χ0n) is 30.7. The quantitative estimate of drug-likeness (QED) is 0.150. The van der Waals surface area contributed by atoms with Gasteiger partial charge >= 0.3 is 322 Å². The first kappa shape index (κ1) is 35.8. The summed E-state index contributed by atoms with van der Waals surface area (Å²) in [5, 5.41) is 0. The molecule has 2 fully saturated rings. The molecule has 4 aromatic carbocycles. The van der Waals surface area contributed by atoms with Crippen LogP contribution < -0.4 is 0 Å². The maximum atomic E-state index is 8.17. The predicted octanol–water partition coefficient (Wildman–Crippen LogP) is 15.8. The Labute approximate surface area is 319 Å². The average Bonchev–Trinajstić information content (AvgIpc) is 3.75. The van der Waals surface area contributed by atoms with E-state index in [0.717, 1.165) is 37.5 Å². The van der Waals surface area contributed by atoms with Crippen LogP contribution in [0.2, 0.25) is 0 Å². The van der Waals surface area contributed by atoms with Crippen LogP contribution in [0.1, 0.15) is 156 Å². The van der Waals surface area contributed by atoms with Gasteiger partial charge in [0.2, 0.25) is 0 Å². The molecule has 2 saturated carbocycles. The molecule has 0 amide bonds. The van der Waals surface area contributed by atoms with E-state index < -0.39 is 17.9 Å². The summed E-state index contributed by atoms with van der Waals surface area (Å²) in [4.78, 5) is 0. The Hall–Kier alpha value is -2.18. The van der Waals surface area contributed by atoms with E-state index in [4.69, 9.17) is 17.0 Å². The van der Waals surface area contributed by atoms with Gasteiger partial charge in [-0.05, 0) is 0 Å². The van der Waals surface area contributed by atoms with Crippen molar-refractivity contribution in [2.24, 2.45) is 0 Å². The van der Waals surface area contributed by atoms with Crippen LogP contribution in [0.3, 0.4) is 0 Å². The second-order valence-corrected chi connectivity index (χ2v) is 30.7. The van der Waals surface area contributed by atoms with E-state index >= 15 is 0 Å². The summed E-state index contributed by atoms with van der Waals surface area (Å²) >= 11 is -4.07. The molecule has 0 aliphatic heterocycles. The predicted molar refractivity (Wildman–Crippen MR) is 218 cm³/mol. The molecule has 4 aliphatic carbocycles. The van der Waals surface area contributed by atoms with Crippen LogP contribution >= 0.6 is 17.0 Å². The van der Waals surface area contributed by atoms with Gasteiger partial charge in [0.15, 0.2) is 0 Å². The van der Waals surface area contributed by atoms with Crippen molar-refractivity contribution in [3.8, 4) is 22.3 Å². The van der Waals surface area contributed by atoms with E-state index in [2.05, 4.69) is 111 Å². The molecule has 51 heavy (non-hydrogen) atoms. The Kier molecular flexibility index (Phi) is 11.0. The van der Waals surface area contributed by atoms with Gasteiger partial charge in [0, 0.05) is 0 Å². The fraction of sp³-hybridized carbons (Fsp3) is 0.417. The minimum absolute atomic E-state index is 0.133. The number of halogens is 2. The molecular weight excluding hydrogens is 739 g/mol. The SMILES string of the molecule is CCCC1=Cc2c(-c3ccc(C4CCCCC4)cc3)cccc2[CH]1[Zr]([Cl])([Cl])[CH]1C(CCC)=Cc2c(-c3ccc(C4CCCCC4)cc3)cccc21. The fourth-order valence-corrected chi connectivity index (χ4v) is 24.0. The minimum atomic E-state index is -4.07. The van der Waals surface area contributed by atoms with Crippen molar-refractivity contribution in [1.29, 1.82) is 0 Å². The number of benzene rings is 4. The van der Waals surface area contributed by atoms with Gasteiger partial charge in [0.25, 0.3) is 0 Å². The average molecular weight is 793 g/mol. The first-order chi connectivity index (χ1) is 25.0. The molecule has 0 bridgehead atoms. The Morgan fingerprint density at radius 1 is 0.510 bits per heavy atom. The van der Waals surface area contributed by atoms with E-state index in [1.54, 1.807) is 0 Å². The van der Waals surface area contributed by atoms with Gasteiger partial charge in [-0.1, -0.05) is 0 Å². The molecule has 3 heteroatoms. The molecule has 264 valence electrons. The molecule has 0 heterocycles. The molecule has 8 rings (SSSR count). The molecule has 2 atom stereocenters. The summed E-state index contributed by atoms with van der Waals surface area (Å²) < 4.78 is 0.266. The van der Waals surface area contributed by atoms with Crippen LogP contribution in [-0.4, -0.2) is 0 Å². The molecule has 4 aromatic rings. The van der Waals surface area contributed by atoms with E-state index in [1.165, 1.54) is 131 Å². The number of hydrogen-bond donors (Lipinski definition) is 0. The summed E-state index contributed by atoms with van der Waals surface area (Å²) in [6, 6.07) is 32.9. The van der Waals surface area contributed by atoms with Gasteiger partial charge in [-0.2, -0.15) is 0 Å². The molecule has 0 aromatic heterocycles. The molecular formula is C48H54Cl2Zr. The first-order valence-corrected chi connectivity index (χ1v) is 29.4. The van der Waals surface area contributed by atoms with Crippen molar-refractivity contribution in [3.05, 3.63) is 129 Å².